The Hall–Kier alpha value is -1.19. The molecule has 0 saturated heterocycles. The van der Waals surface area contributed by atoms with Crippen molar-refractivity contribution in [1.82, 2.24) is 4.72 Å². The zero-order chi connectivity index (χ0) is 17.9. The zero-order valence-corrected chi connectivity index (χ0v) is 16.2. The molecule has 1 aromatic carbocycles. The molecular formula is C14H15Cl2NO5S2. The first-order valence-corrected chi connectivity index (χ1v) is 9.61. The summed E-state index contributed by atoms with van der Waals surface area (Å²) in [6.07, 6.45) is 0. The van der Waals surface area contributed by atoms with E-state index in [1.807, 2.05) is 0 Å². The van der Waals surface area contributed by atoms with Crippen LogP contribution in [0.5, 0.6) is 17.2 Å². The summed E-state index contributed by atoms with van der Waals surface area (Å²) in [7, 11) is 0.668. The van der Waals surface area contributed by atoms with Gasteiger partial charge in [-0.15, -0.1) is 11.3 Å². The lowest BCUT2D eigenvalue weighted by molar-refractivity contribution is 0.323. The number of methoxy groups -OCH3 is 3. The molecule has 10 heteroatoms. The quantitative estimate of drug-likeness (QED) is 0.753. The second kappa shape index (κ2) is 7.79. The van der Waals surface area contributed by atoms with Gasteiger partial charge in [0.05, 0.1) is 25.7 Å². The van der Waals surface area contributed by atoms with Gasteiger partial charge in [-0.05, 0) is 23.8 Å². The Kier molecular flexibility index (Phi) is 6.22. The van der Waals surface area contributed by atoms with E-state index in [2.05, 4.69) is 4.72 Å². The molecule has 0 radical (unpaired) electrons. The molecule has 0 aliphatic heterocycles. The summed E-state index contributed by atoms with van der Waals surface area (Å²) in [5.74, 6) is 1.30. The third-order valence-corrected chi connectivity index (χ3v) is 6.26. The smallest absolute Gasteiger partial charge is 0.243 e. The average Bonchev–Trinajstić information content (AvgIpc) is 2.91. The normalized spacial score (nSPS) is 11.4. The monoisotopic (exact) mass is 411 g/mol. The molecule has 6 nitrogen and oxygen atoms in total. The predicted molar refractivity (Wildman–Crippen MR) is 94.5 cm³/mol. The van der Waals surface area contributed by atoms with Crippen LogP contribution in [-0.4, -0.2) is 29.7 Å². The number of halogens is 2. The maximum Gasteiger partial charge on any atom is 0.243 e. The van der Waals surface area contributed by atoms with Crippen LogP contribution in [0.4, 0.5) is 0 Å². The molecule has 1 aromatic heterocycles. The number of hydrogen-bond donors (Lipinski definition) is 1. The number of sulfonamides is 1. The van der Waals surface area contributed by atoms with Crippen LogP contribution in [0.15, 0.2) is 23.1 Å². The molecule has 0 aliphatic rings. The van der Waals surface area contributed by atoms with Gasteiger partial charge in [0, 0.05) is 6.54 Å². The Morgan fingerprint density at radius 3 is 2.04 bits per heavy atom. The van der Waals surface area contributed by atoms with E-state index in [0.29, 0.717) is 27.1 Å². The molecule has 0 amide bonds. The van der Waals surface area contributed by atoms with Crippen molar-refractivity contribution in [2.75, 3.05) is 21.3 Å². The maximum atomic E-state index is 12.3. The van der Waals surface area contributed by atoms with Crippen molar-refractivity contribution in [1.29, 1.82) is 0 Å². The molecule has 132 valence electrons. The second-order valence-electron chi connectivity index (χ2n) is 4.55. The largest absolute Gasteiger partial charge is 0.493 e. The number of hydrogen-bond acceptors (Lipinski definition) is 6. The number of nitrogens with one attached hydrogen (secondary N) is 1. The highest BCUT2D eigenvalue weighted by Crippen LogP contribution is 2.38. The van der Waals surface area contributed by atoms with Crippen LogP contribution in [0.3, 0.4) is 0 Å². The van der Waals surface area contributed by atoms with E-state index in [1.165, 1.54) is 27.4 Å². The first kappa shape index (κ1) is 19.1. The van der Waals surface area contributed by atoms with Crippen LogP contribution in [0, 0.1) is 0 Å². The molecule has 1 N–H and O–H groups in total. The topological polar surface area (TPSA) is 73.9 Å². The Morgan fingerprint density at radius 2 is 1.62 bits per heavy atom. The summed E-state index contributed by atoms with van der Waals surface area (Å²) in [6.45, 7) is 0.0167. The summed E-state index contributed by atoms with van der Waals surface area (Å²) in [5, 5.41) is 0. The van der Waals surface area contributed by atoms with E-state index in [1.54, 1.807) is 12.1 Å². The minimum absolute atomic E-state index is 0.0167. The molecule has 0 unspecified atom stereocenters. The van der Waals surface area contributed by atoms with Crippen LogP contribution < -0.4 is 18.9 Å². The molecule has 0 bridgehead atoms. The fraction of sp³-hybridized carbons (Fsp3) is 0.286. The van der Waals surface area contributed by atoms with Crippen molar-refractivity contribution in [3.05, 3.63) is 32.4 Å². The van der Waals surface area contributed by atoms with Gasteiger partial charge in [0.25, 0.3) is 0 Å². The SMILES string of the molecule is COc1cc(CNS(=O)(=O)c2cc(Cl)sc2Cl)cc(OC)c1OC. The van der Waals surface area contributed by atoms with Gasteiger partial charge in [-0.1, -0.05) is 23.2 Å². The second-order valence-corrected chi connectivity index (χ2v) is 8.57. The predicted octanol–water partition coefficient (Wildman–Crippen LogP) is 3.56. The van der Waals surface area contributed by atoms with Gasteiger partial charge in [0.1, 0.15) is 9.23 Å². The number of ether oxygens (including phenoxy) is 3. The van der Waals surface area contributed by atoms with Crippen LogP contribution in [0.2, 0.25) is 8.67 Å². The van der Waals surface area contributed by atoms with Gasteiger partial charge in [0.15, 0.2) is 11.5 Å². The standard InChI is InChI=1S/C14H15Cl2NO5S2/c1-20-9-4-8(5-10(21-2)13(9)22-3)7-17-24(18,19)11-6-12(15)23-14(11)16/h4-6,17H,7H2,1-3H3. The molecule has 2 rings (SSSR count). The molecule has 0 aliphatic carbocycles. The minimum atomic E-state index is -3.79. The third kappa shape index (κ3) is 4.07. The van der Waals surface area contributed by atoms with E-state index in [0.717, 1.165) is 11.3 Å². The van der Waals surface area contributed by atoms with Crippen molar-refractivity contribution in [2.24, 2.45) is 0 Å². The Labute approximate surface area is 154 Å². The molecule has 0 spiro atoms. The Balaban J connectivity index is 2.27. The minimum Gasteiger partial charge on any atom is -0.493 e. The van der Waals surface area contributed by atoms with Crippen molar-refractivity contribution >= 4 is 44.6 Å². The fourth-order valence-corrected chi connectivity index (χ4v) is 5.17. The number of thiophene rings is 1. The first-order valence-electron chi connectivity index (χ1n) is 6.55. The van der Waals surface area contributed by atoms with Crippen molar-refractivity contribution < 1.29 is 22.6 Å². The molecule has 24 heavy (non-hydrogen) atoms. The lowest BCUT2D eigenvalue weighted by atomic mass is 10.2. The van der Waals surface area contributed by atoms with Gasteiger partial charge >= 0.3 is 0 Å². The van der Waals surface area contributed by atoms with Crippen LogP contribution in [0.1, 0.15) is 5.56 Å². The maximum absolute atomic E-state index is 12.3. The average molecular weight is 412 g/mol. The van der Waals surface area contributed by atoms with Crippen LogP contribution >= 0.6 is 34.5 Å². The highest BCUT2D eigenvalue weighted by Gasteiger charge is 2.21. The summed E-state index contributed by atoms with van der Waals surface area (Å²) in [5.41, 5.74) is 0.630. The van der Waals surface area contributed by atoms with E-state index in [9.17, 15) is 8.42 Å². The fourth-order valence-electron chi connectivity index (χ4n) is 2.00. The number of rotatable bonds is 7. The van der Waals surface area contributed by atoms with Gasteiger partial charge in [-0.3, -0.25) is 0 Å². The summed E-state index contributed by atoms with van der Waals surface area (Å²) in [6, 6.07) is 4.63. The number of benzene rings is 1. The molecule has 0 atom stereocenters. The highest BCUT2D eigenvalue weighted by atomic mass is 35.5. The van der Waals surface area contributed by atoms with Crippen molar-refractivity contribution in [3.8, 4) is 17.2 Å². The van der Waals surface area contributed by atoms with E-state index >= 15 is 0 Å². The van der Waals surface area contributed by atoms with Gasteiger partial charge in [0.2, 0.25) is 15.8 Å². The lowest BCUT2D eigenvalue weighted by Crippen LogP contribution is -2.23. The Morgan fingerprint density at radius 1 is 1.04 bits per heavy atom. The molecule has 1 heterocycles. The molecule has 0 fully saturated rings. The van der Waals surface area contributed by atoms with Gasteiger partial charge < -0.3 is 14.2 Å². The molecular weight excluding hydrogens is 397 g/mol. The van der Waals surface area contributed by atoms with E-state index in [-0.39, 0.29) is 15.8 Å². The Bertz CT molecular complexity index is 811. The van der Waals surface area contributed by atoms with Gasteiger partial charge in [-0.25, -0.2) is 13.1 Å². The van der Waals surface area contributed by atoms with Crippen molar-refractivity contribution in [2.45, 2.75) is 11.4 Å². The van der Waals surface area contributed by atoms with Crippen LogP contribution in [0.25, 0.3) is 0 Å². The molecule has 0 saturated carbocycles. The highest BCUT2D eigenvalue weighted by molar-refractivity contribution is 7.89. The van der Waals surface area contributed by atoms with E-state index in [4.69, 9.17) is 37.4 Å². The molecule has 2 aromatic rings. The summed E-state index contributed by atoms with van der Waals surface area (Å²) >= 11 is 12.7. The summed E-state index contributed by atoms with van der Waals surface area (Å²) in [4.78, 5) is -0.0494. The first-order chi connectivity index (χ1) is 11.3. The zero-order valence-electron chi connectivity index (χ0n) is 13.1. The van der Waals surface area contributed by atoms with Gasteiger partial charge in [-0.2, -0.15) is 0 Å². The van der Waals surface area contributed by atoms with Crippen molar-refractivity contribution in [3.63, 3.8) is 0 Å². The summed E-state index contributed by atoms with van der Waals surface area (Å²) < 4.78 is 43.3. The van der Waals surface area contributed by atoms with E-state index < -0.39 is 10.0 Å². The van der Waals surface area contributed by atoms with Crippen LogP contribution in [-0.2, 0) is 16.6 Å². The third-order valence-electron chi connectivity index (χ3n) is 3.11. The lowest BCUT2D eigenvalue weighted by Gasteiger charge is -2.14.